The van der Waals surface area contributed by atoms with E-state index in [4.69, 9.17) is 10.3 Å². The molecule has 4 N–H and O–H groups in total. The van der Waals surface area contributed by atoms with Gasteiger partial charge in [-0.1, -0.05) is 0 Å². The zero-order chi connectivity index (χ0) is 6.08. The van der Waals surface area contributed by atoms with Gasteiger partial charge in [0.05, 0.1) is 0 Å². The van der Waals surface area contributed by atoms with Crippen molar-refractivity contribution in [1.82, 2.24) is 0 Å². The van der Waals surface area contributed by atoms with Gasteiger partial charge in [-0.25, -0.2) is 0 Å². The van der Waals surface area contributed by atoms with Gasteiger partial charge in [0, 0.05) is 0 Å². The summed E-state index contributed by atoms with van der Waals surface area (Å²) >= 11 is 0.508. The summed E-state index contributed by atoms with van der Waals surface area (Å²) < 4.78 is 0. The fraction of sp³-hybridized carbons (Fsp3) is 0. The zero-order valence-corrected chi connectivity index (χ0v) is 11.2. The fourth-order valence-corrected chi connectivity index (χ4v) is 0. The molecule has 0 bridgehead atoms. The third-order valence-electron chi connectivity index (χ3n) is 0.426. The van der Waals surface area contributed by atoms with Crippen molar-refractivity contribution < 1.29 is 24.0 Å². The number of hydrogen-bond donors (Lipinski definition) is 2. The summed E-state index contributed by atoms with van der Waals surface area (Å²) in [6.45, 7) is 0. The first kappa shape index (κ1) is 8.30. The maximum atomic E-state index is 5.56. The van der Waals surface area contributed by atoms with Gasteiger partial charge in [-0.05, 0) is 0 Å². The molecule has 5 heteroatoms. The molecule has 2 unspecified atom stereocenters. The van der Waals surface area contributed by atoms with Crippen LogP contribution in [-0.2, 0) is 24.0 Å². The van der Waals surface area contributed by atoms with Crippen LogP contribution in [0.5, 0.6) is 0 Å². The van der Waals surface area contributed by atoms with Crippen LogP contribution >= 0.6 is 14.5 Å². The topological polar surface area (TPSA) is 52.0 Å². The quantitative estimate of drug-likeness (QED) is 0.407. The SMILES string of the molecule is C=S(N)[S](=C)(N)=[Hg]. The Morgan fingerprint density at radius 3 is 1.86 bits per heavy atom. The summed E-state index contributed by atoms with van der Waals surface area (Å²) in [5, 5.41) is 10.9. The van der Waals surface area contributed by atoms with Crippen molar-refractivity contribution in [3.8, 4) is 0 Å². The second-order valence-electron chi connectivity index (χ2n) is 1.25. The summed E-state index contributed by atoms with van der Waals surface area (Å²) in [7, 11) is -0.346. The van der Waals surface area contributed by atoms with Crippen LogP contribution in [0.4, 0.5) is 0 Å². The predicted octanol–water partition coefficient (Wildman–Crippen LogP) is 0.0481. The van der Waals surface area contributed by atoms with E-state index in [1.54, 1.807) is 0 Å². The number of rotatable bonds is 1. The molecule has 7 heavy (non-hydrogen) atoms. The molecule has 0 heterocycles. The van der Waals surface area contributed by atoms with Gasteiger partial charge < -0.3 is 0 Å². The molecule has 2 nitrogen and oxygen atoms in total. The molecule has 40 valence electrons. The molecule has 0 aromatic rings. The Morgan fingerprint density at radius 2 is 1.86 bits per heavy atom. The monoisotopic (exact) mass is 326 g/mol. The van der Waals surface area contributed by atoms with E-state index in [2.05, 4.69) is 11.7 Å². The molecule has 0 aromatic heterocycles. The predicted molar refractivity (Wildman–Crippen MR) is 37.8 cm³/mol. The van der Waals surface area contributed by atoms with E-state index in [0.29, 0.717) is 24.0 Å². The van der Waals surface area contributed by atoms with Crippen molar-refractivity contribution in [2.24, 2.45) is 10.3 Å². The van der Waals surface area contributed by atoms with Crippen molar-refractivity contribution in [3.05, 3.63) is 0 Å². The van der Waals surface area contributed by atoms with Gasteiger partial charge in [0.2, 0.25) is 0 Å². The first-order chi connectivity index (χ1) is 2.94. The zero-order valence-electron chi connectivity index (χ0n) is 4.09. The van der Waals surface area contributed by atoms with Crippen molar-refractivity contribution in [3.63, 3.8) is 0 Å². The summed E-state index contributed by atoms with van der Waals surface area (Å²) in [4.78, 5) is -1.10. The molecule has 0 aliphatic heterocycles. The van der Waals surface area contributed by atoms with Gasteiger partial charge in [0.25, 0.3) is 0 Å². The Balaban J connectivity index is 4.43. The third kappa shape index (κ3) is 3.84. The van der Waals surface area contributed by atoms with E-state index < -0.39 is 4.78 Å². The average Bonchev–Trinajstić information content (AvgIpc) is 1.31. The molecule has 2 atom stereocenters. The first-order valence-corrected chi connectivity index (χ1v) is 12.2. The first-order valence-electron chi connectivity index (χ1n) is 1.50. The summed E-state index contributed by atoms with van der Waals surface area (Å²) in [5.74, 6) is 7.36. The van der Waals surface area contributed by atoms with Gasteiger partial charge >= 0.3 is 60.5 Å². The van der Waals surface area contributed by atoms with Crippen LogP contribution in [0.2, 0.25) is 0 Å². The number of nitrogens with two attached hydrogens (primary N) is 2. The second kappa shape index (κ2) is 2.73. The molecule has 0 spiro atoms. The van der Waals surface area contributed by atoms with Gasteiger partial charge in [0.15, 0.2) is 0 Å². The van der Waals surface area contributed by atoms with Gasteiger partial charge in [-0.15, -0.1) is 0 Å². The number of hydrogen-bond acceptors (Lipinski definition) is 2. The van der Waals surface area contributed by atoms with Crippen LogP contribution in [0.3, 0.4) is 0 Å². The van der Waals surface area contributed by atoms with Crippen molar-refractivity contribution in [2.75, 3.05) is 0 Å². The van der Waals surface area contributed by atoms with Crippen LogP contribution in [0.1, 0.15) is 0 Å². The van der Waals surface area contributed by atoms with Crippen molar-refractivity contribution in [1.29, 1.82) is 0 Å². The molecule has 0 rings (SSSR count). The van der Waals surface area contributed by atoms with E-state index in [0.717, 1.165) is 0 Å². The van der Waals surface area contributed by atoms with E-state index in [-0.39, 0.29) is 9.70 Å². The van der Waals surface area contributed by atoms with Crippen LogP contribution < -0.4 is 10.3 Å². The van der Waals surface area contributed by atoms with Crippen molar-refractivity contribution in [2.45, 2.75) is 0 Å². The Bertz CT molecular complexity index is 168. The molecule has 0 aliphatic rings. The molecular weight excluding hydrogens is 317 g/mol. The minimum atomic E-state index is -1.10. The summed E-state index contributed by atoms with van der Waals surface area (Å²) in [6.07, 6.45) is 0. The van der Waals surface area contributed by atoms with Gasteiger partial charge in [-0.2, -0.15) is 0 Å². The van der Waals surface area contributed by atoms with E-state index >= 15 is 0 Å². The molecule has 0 aliphatic carbocycles. The normalized spacial score (nSPS) is 23.4. The van der Waals surface area contributed by atoms with E-state index in [9.17, 15) is 0 Å². The summed E-state index contributed by atoms with van der Waals surface area (Å²) in [6, 6.07) is 0. The molecule has 0 radical (unpaired) electrons. The molecule has 0 saturated heterocycles. The second-order valence-corrected chi connectivity index (χ2v) is 23.9. The Hall–Kier alpha value is 1.30. The van der Waals surface area contributed by atoms with E-state index in [1.807, 2.05) is 0 Å². The molecule has 0 amide bonds. The Morgan fingerprint density at radius 1 is 1.71 bits per heavy atom. The van der Waals surface area contributed by atoms with Crippen LogP contribution in [-0.4, -0.2) is 11.7 Å². The molecule has 0 fully saturated rings. The van der Waals surface area contributed by atoms with Crippen LogP contribution in [0, 0.1) is 0 Å². The standard InChI is InChI=1S/C2H8N2S2.Hg/c1-5(3)6(2)4;/h1-4H2;. The third-order valence-corrected chi connectivity index (χ3v) is 14.4. The van der Waals surface area contributed by atoms with Crippen LogP contribution in [0.25, 0.3) is 0 Å². The summed E-state index contributed by atoms with van der Waals surface area (Å²) in [5.41, 5.74) is 0. The molecular formula is C2H8HgN2S2. The Labute approximate surface area is 60.1 Å². The van der Waals surface area contributed by atoms with Gasteiger partial charge in [-0.3, -0.25) is 0 Å². The average molecular weight is 325 g/mol. The fourth-order valence-electron chi connectivity index (χ4n) is 0. The maximum absolute atomic E-state index is 5.56. The molecule has 0 saturated carbocycles. The van der Waals surface area contributed by atoms with Crippen LogP contribution in [0.15, 0.2) is 0 Å². The van der Waals surface area contributed by atoms with E-state index in [1.165, 1.54) is 0 Å². The van der Waals surface area contributed by atoms with Crippen molar-refractivity contribution >= 4 is 26.2 Å². The molecule has 0 aromatic carbocycles. The minimum absolute atomic E-state index is 0.346. The Kier molecular flexibility index (Phi) is 3.23. The van der Waals surface area contributed by atoms with Gasteiger partial charge in [0.1, 0.15) is 0 Å².